The van der Waals surface area contributed by atoms with E-state index in [0.717, 1.165) is 15.6 Å². The van der Waals surface area contributed by atoms with Gasteiger partial charge < -0.3 is 9.84 Å². The fourth-order valence-electron chi connectivity index (χ4n) is 1.89. The summed E-state index contributed by atoms with van der Waals surface area (Å²) in [6.45, 7) is 2.29. The molecule has 23 heavy (non-hydrogen) atoms. The largest absolute Gasteiger partial charge is 0.504 e. The molecule has 2 rings (SSSR count). The van der Waals surface area contributed by atoms with Gasteiger partial charge in [-0.05, 0) is 48.4 Å². The van der Waals surface area contributed by atoms with Crippen LogP contribution in [0.5, 0.6) is 11.5 Å². The van der Waals surface area contributed by atoms with Crippen LogP contribution in [0.25, 0.3) is 0 Å². The molecule has 0 radical (unpaired) electrons. The van der Waals surface area contributed by atoms with Crippen LogP contribution in [-0.2, 0) is 11.2 Å². The van der Waals surface area contributed by atoms with Crippen molar-refractivity contribution >= 4 is 28.1 Å². The molecule has 120 valence electrons. The number of hydrogen-bond donors (Lipinski definition) is 2. The Morgan fingerprint density at radius 1 is 1.30 bits per heavy atom. The number of halogens is 1. The number of hydrazone groups is 1. The topological polar surface area (TPSA) is 70.9 Å². The van der Waals surface area contributed by atoms with E-state index in [0.29, 0.717) is 12.4 Å². The van der Waals surface area contributed by atoms with Gasteiger partial charge in [-0.3, -0.25) is 4.79 Å². The SMILES string of the molecule is CCOc1cc(/C=N/NC(=O)Cc2ccc(Br)cc2)ccc1O. The van der Waals surface area contributed by atoms with Gasteiger partial charge in [0.05, 0.1) is 19.2 Å². The predicted molar refractivity (Wildman–Crippen MR) is 92.9 cm³/mol. The minimum atomic E-state index is -0.201. The van der Waals surface area contributed by atoms with Crippen molar-refractivity contribution in [2.24, 2.45) is 5.10 Å². The first-order valence-corrected chi connectivity index (χ1v) is 7.90. The third kappa shape index (κ3) is 5.41. The van der Waals surface area contributed by atoms with E-state index in [1.165, 1.54) is 12.3 Å². The van der Waals surface area contributed by atoms with Gasteiger partial charge >= 0.3 is 0 Å². The number of rotatable bonds is 6. The first-order valence-electron chi connectivity index (χ1n) is 7.10. The highest BCUT2D eigenvalue weighted by molar-refractivity contribution is 9.10. The maximum absolute atomic E-state index is 11.8. The monoisotopic (exact) mass is 376 g/mol. The van der Waals surface area contributed by atoms with Gasteiger partial charge in [0, 0.05) is 4.47 Å². The lowest BCUT2D eigenvalue weighted by molar-refractivity contribution is -0.120. The fraction of sp³-hybridized carbons (Fsp3) is 0.176. The normalized spacial score (nSPS) is 10.7. The van der Waals surface area contributed by atoms with Crippen molar-refractivity contribution in [2.45, 2.75) is 13.3 Å². The standard InChI is InChI=1S/C17H17BrN2O3/c1-2-23-16-9-13(5-8-15(16)21)11-19-20-17(22)10-12-3-6-14(18)7-4-12/h3-9,11,21H,2,10H2,1H3,(H,20,22)/b19-11+. The van der Waals surface area contributed by atoms with E-state index in [2.05, 4.69) is 26.5 Å². The van der Waals surface area contributed by atoms with E-state index in [-0.39, 0.29) is 18.1 Å². The highest BCUT2D eigenvalue weighted by Gasteiger charge is 2.03. The van der Waals surface area contributed by atoms with Gasteiger partial charge in [0.25, 0.3) is 0 Å². The Labute approximate surface area is 143 Å². The minimum absolute atomic E-state index is 0.0725. The van der Waals surface area contributed by atoms with E-state index < -0.39 is 0 Å². The third-order valence-corrected chi connectivity index (χ3v) is 3.49. The van der Waals surface area contributed by atoms with E-state index in [9.17, 15) is 9.90 Å². The molecule has 0 atom stereocenters. The van der Waals surface area contributed by atoms with Gasteiger partial charge in [-0.15, -0.1) is 0 Å². The Hall–Kier alpha value is -2.34. The molecule has 0 saturated carbocycles. The number of nitrogens with zero attached hydrogens (tertiary/aromatic N) is 1. The molecule has 0 heterocycles. The van der Waals surface area contributed by atoms with E-state index in [1.54, 1.807) is 12.1 Å². The van der Waals surface area contributed by atoms with Gasteiger partial charge in [-0.2, -0.15) is 5.10 Å². The number of ether oxygens (including phenoxy) is 1. The molecule has 0 aromatic heterocycles. The van der Waals surface area contributed by atoms with Crippen LogP contribution >= 0.6 is 15.9 Å². The summed E-state index contributed by atoms with van der Waals surface area (Å²) in [6.07, 6.45) is 1.76. The fourth-order valence-corrected chi connectivity index (χ4v) is 2.15. The number of phenols is 1. The molecule has 0 bridgehead atoms. The summed E-state index contributed by atoms with van der Waals surface area (Å²) in [5, 5.41) is 13.5. The molecule has 0 saturated heterocycles. The Balaban J connectivity index is 1.91. The Bertz CT molecular complexity index is 699. The van der Waals surface area contributed by atoms with Crippen LogP contribution in [0.2, 0.25) is 0 Å². The molecule has 1 amide bonds. The maximum atomic E-state index is 11.8. The highest BCUT2D eigenvalue weighted by Crippen LogP contribution is 2.26. The number of phenolic OH excluding ortho intramolecular Hbond substituents is 1. The second-order valence-electron chi connectivity index (χ2n) is 4.76. The lowest BCUT2D eigenvalue weighted by Crippen LogP contribution is -2.19. The number of amides is 1. The number of hydrogen-bond acceptors (Lipinski definition) is 4. The van der Waals surface area contributed by atoms with Gasteiger partial charge in [0.1, 0.15) is 0 Å². The van der Waals surface area contributed by atoms with Gasteiger partial charge in [-0.25, -0.2) is 5.43 Å². The molecule has 0 unspecified atom stereocenters. The van der Waals surface area contributed by atoms with E-state index in [1.807, 2.05) is 31.2 Å². The Kier molecular flexibility index (Phi) is 6.17. The lowest BCUT2D eigenvalue weighted by atomic mass is 10.1. The van der Waals surface area contributed by atoms with Crippen LogP contribution in [0.1, 0.15) is 18.1 Å². The molecule has 0 aliphatic rings. The molecule has 0 spiro atoms. The van der Waals surface area contributed by atoms with Crippen LogP contribution < -0.4 is 10.2 Å². The average Bonchev–Trinajstić information content (AvgIpc) is 2.53. The minimum Gasteiger partial charge on any atom is -0.504 e. The molecule has 0 fully saturated rings. The third-order valence-electron chi connectivity index (χ3n) is 2.96. The quantitative estimate of drug-likeness (QED) is 0.600. The Morgan fingerprint density at radius 3 is 2.74 bits per heavy atom. The van der Waals surface area contributed by atoms with Crippen molar-refractivity contribution in [1.82, 2.24) is 5.43 Å². The maximum Gasteiger partial charge on any atom is 0.244 e. The van der Waals surface area contributed by atoms with Crippen LogP contribution in [-0.4, -0.2) is 23.8 Å². The zero-order valence-electron chi connectivity index (χ0n) is 12.6. The van der Waals surface area contributed by atoms with Gasteiger partial charge in [0.15, 0.2) is 11.5 Å². The number of aromatic hydroxyl groups is 1. The molecule has 2 aromatic carbocycles. The summed E-state index contributed by atoms with van der Waals surface area (Å²) < 4.78 is 6.26. The highest BCUT2D eigenvalue weighted by atomic mass is 79.9. The van der Waals surface area contributed by atoms with Crippen LogP contribution in [0.3, 0.4) is 0 Å². The number of nitrogens with one attached hydrogen (secondary N) is 1. The zero-order valence-corrected chi connectivity index (χ0v) is 14.2. The molecule has 6 heteroatoms. The van der Waals surface area contributed by atoms with Crippen LogP contribution in [0.4, 0.5) is 0 Å². The van der Waals surface area contributed by atoms with Crippen molar-refractivity contribution in [3.63, 3.8) is 0 Å². The molecule has 0 aliphatic heterocycles. The average molecular weight is 377 g/mol. The first-order chi connectivity index (χ1) is 11.1. The number of carbonyl (C=O) groups excluding carboxylic acids is 1. The predicted octanol–water partition coefficient (Wildman–Crippen LogP) is 3.25. The summed E-state index contributed by atoms with van der Waals surface area (Å²) >= 11 is 3.35. The number of benzene rings is 2. The molecule has 2 N–H and O–H groups in total. The van der Waals surface area contributed by atoms with Crippen molar-refractivity contribution in [2.75, 3.05) is 6.61 Å². The Morgan fingerprint density at radius 2 is 2.04 bits per heavy atom. The van der Waals surface area contributed by atoms with Crippen LogP contribution in [0.15, 0.2) is 52.0 Å². The van der Waals surface area contributed by atoms with Crippen molar-refractivity contribution in [3.8, 4) is 11.5 Å². The summed E-state index contributed by atoms with van der Waals surface area (Å²) in [5.74, 6) is 0.258. The van der Waals surface area contributed by atoms with Gasteiger partial charge in [0.2, 0.25) is 5.91 Å². The zero-order chi connectivity index (χ0) is 16.7. The first kappa shape index (κ1) is 17.0. The van der Waals surface area contributed by atoms with E-state index in [4.69, 9.17) is 4.74 Å². The summed E-state index contributed by atoms with van der Waals surface area (Å²) in [6, 6.07) is 12.4. The van der Waals surface area contributed by atoms with Crippen LogP contribution in [0, 0.1) is 0 Å². The van der Waals surface area contributed by atoms with Crippen molar-refractivity contribution in [3.05, 3.63) is 58.1 Å². The second-order valence-corrected chi connectivity index (χ2v) is 5.67. The smallest absolute Gasteiger partial charge is 0.244 e. The second kappa shape index (κ2) is 8.33. The van der Waals surface area contributed by atoms with Crippen molar-refractivity contribution in [1.29, 1.82) is 0 Å². The lowest BCUT2D eigenvalue weighted by Gasteiger charge is -2.06. The molecule has 5 nitrogen and oxygen atoms in total. The molecule has 2 aromatic rings. The van der Waals surface area contributed by atoms with E-state index >= 15 is 0 Å². The summed E-state index contributed by atoms with van der Waals surface area (Å²) in [5.41, 5.74) is 4.10. The van der Waals surface area contributed by atoms with Crippen molar-refractivity contribution < 1.29 is 14.6 Å². The number of carbonyl (C=O) groups is 1. The molecule has 0 aliphatic carbocycles. The molecular weight excluding hydrogens is 360 g/mol. The summed E-state index contributed by atoms with van der Waals surface area (Å²) in [7, 11) is 0. The summed E-state index contributed by atoms with van der Waals surface area (Å²) in [4.78, 5) is 11.8. The van der Waals surface area contributed by atoms with Gasteiger partial charge in [-0.1, -0.05) is 28.1 Å². The molecular formula is C17H17BrN2O3.